The van der Waals surface area contributed by atoms with Crippen molar-refractivity contribution < 1.29 is 22.0 Å². The Morgan fingerprint density at radius 2 is 2.08 bits per heavy atom. The number of oxazole rings is 1. The highest BCUT2D eigenvalue weighted by molar-refractivity contribution is 5.75. The van der Waals surface area contributed by atoms with Crippen molar-refractivity contribution in [1.82, 2.24) is 20.1 Å². The van der Waals surface area contributed by atoms with Gasteiger partial charge in [-0.1, -0.05) is 12.0 Å². The van der Waals surface area contributed by atoms with Crippen molar-refractivity contribution in [3.8, 4) is 0 Å². The molecule has 7 nitrogen and oxygen atoms in total. The van der Waals surface area contributed by atoms with Crippen LogP contribution in [0.1, 0.15) is 24.8 Å². The molecule has 1 N–H and O–H groups in total. The summed E-state index contributed by atoms with van der Waals surface area (Å²) in [5, 5.41) is 10.5. The van der Waals surface area contributed by atoms with Gasteiger partial charge in [0.25, 0.3) is 0 Å². The van der Waals surface area contributed by atoms with Crippen molar-refractivity contribution in [2.45, 2.75) is 26.1 Å². The first kappa shape index (κ1) is 16.8. The van der Waals surface area contributed by atoms with Crippen molar-refractivity contribution >= 4 is 23.1 Å². The third kappa shape index (κ3) is 3.50. The Bertz CT molecular complexity index is 920. The lowest BCUT2D eigenvalue weighted by Gasteiger charge is -2.11. The summed E-state index contributed by atoms with van der Waals surface area (Å²) in [5.41, 5.74) is -0.468. The van der Waals surface area contributed by atoms with E-state index in [1.165, 1.54) is 6.07 Å². The normalized spacial score (nSPS) is 18.7. The highest BCUT2D eigenvalue weighted by atomic mass is 19.4. The van der Waals surface area contributed by atoms with Crippen LogP contribution >= 0.6 is 0 Å². The number of halogens is 3. The first-order chi connectivity index (χ1) is 12.4. The van der Waals surface area contributed by atoms with Crippen LogP contribution in [0.2, 0.25) is 0 Å². The zero-order valence-corrected chi connectivity index (χ0v) is 13.9. The summed E-state index contributed by atoms with van der Waals surface area (Å²) < 4.78 is 49.1. The highest BCUT2D eigenvalue weighted by Crippen LogP contribution is 2.32. The molecule has 1 unspecified atom stereocenters. The fourth-order valence-electron chi connectivity index (χ4n) is 2.98. The maximum atomic E-state index is 12.8. The number of rotatable bonds is 4. The Labute approximate surface area is 146 Å². The van der Waals surface area contributed by atoms with Gasteiger partial charge in [-0.05, 0) is 37.1 Å². The van der Waals surface area contributed by atoms with E-state index in [0.29, 0.717) is 18.4 Å². The third-order valence-corrected chi connectivity index (χ3v) is 4.26. The van der Waals surface area contributed by atoms with Gasteiger partial charge in [0.2, 0.25) is 5.89 Å². The highest BCUT2D eigenvalue weighted by Gasteiger charge is 2.31. The molecule has 1 fully saturated rings. The standard InChI is InChI=1S/C16H16F3N5O2/c1-9-4-5-24(7-9)8-13-22-23-15(26-13)21-14-20-11-6-10(16(17,18)19)2-3-12(11)25-14/h2-3,6,9H,4-5,7-8H2,1H3,(H,20,21,23). The number of nitrogens with zero attached hydrogens (tertiary/aromatic N) is 4. The molecule has 1 atom stereocenters. The minimum absolute atomic E-state index is 0.00989. The number of aromatic nitrogens is 3. The third-order valence-electron chi connectivity index (χ3n) is 4.26. The van der Waals surface area contributed by atoms with Gasteiger partial charge in [0.1, 0.15) is 5.52 Å². The van der Waals surface area contributed by atoms with Gasteiger partial charge < -0.3 is 8.83 Å². The van der Waals surface area contributed by atoms with E-state index in [4.69, 9.17) is 8.83 Å². The molecule has 3 heterocycles. The monoisotopic (exact) mass is 367 g/mol. The molecule has 0 spiro atoms. The van der Waals surface area contributed by atoms with Crippen molar-refractivity contribution in [1.29, 1.82) is 0 Å². The molecule has 2 aromatic heterocycles. The minimum Gasteiger partial charge on any atom is -0.423 e. The molecule has 1 aliphatic heterocycles. The number of hydrogen-bond donors (Lipinski definition) is 1. The first-order valence-electron chi connectivity index (χ1n) is 8.16. The van der Waals surface area contributed by atoms with Crippen LogP contribution in [0.15, 0.2) is 27.0 Å². The molecule has 3 aromatic rings. The molecule has 0 aliphatic carbocycles. The van der Waals surface area contributed by atoms with E-state index in [2.05, 4.69) is 32.3 Å². The topological polar surface area (TPSA) is 80.2 Å². The Morgan fingerprint density at radius 1 is 1.23 bits per heavy atom. The second kappa shape index (κ2) is 6.27. The smallest absolute Gasteiger partial charge is 0.416 e. The van der Waals surface area contributed by atoms with E-state index in [1.807, 2.05) is 0 Å². The number of hydrogen-bond acceptors (Lipinski definition) is 7. The van der Waals surface area contributed by atoms with Gasteiger partial charge in [0.15, 0.2) is 5.58 Å². The first-order valence-corrected chi connectivity index (χ1v) is 8.16. The molecule has 26 heavy (non-hydrogen) atoms. The second-order valence-corrected chi connectivity index (χ2v) is 6.45. The second-order valence-electron chi connectivity index (χ2n) is 6.45. The van der Waals surface area contributed by atoms with E-state index in [-0.39, 0.29) is 23.1 Å². The fourth-order valence-corrected chi connectivity index (χ4v) is 2.98. The van der Waals surface area contributed by atoms with Gasteiger partial charge in [0, 0.05) is 6.54 Å². The van der Waals surface area contributed by atoms with Gasteiger partial charge in [0.05, 0.1) is 12.1 Å². The summed E-state index contributed by atoms with van der Waals surface area (Å²) in [5.74, 6) is 1.11. The SMILES string of the molecule is CC1CCN(Cc2nnc(Nc3nc4cc(C(F)(F)F)ccc4o3)o2)C1. The molecule has 0 saturated carbocycles. The lowest BCUT2D eigenvalue weighted by atomic mass is 10.2. The molecule has 0 radical (unpaired) electrons. The summed E-state index contributed by atoms with van der Waals surface area (Å²) in [4.78, 5) is 6.21. The number of likely N-dealkylation sites (tertiary alicyclic amines) is 1. The van der Waals surface area contributed by atoms with Gasteiger partial charge in [-0.15, -0.1) is 5.10 Å². The van der Waals surface area contributed by atoms with Crippen LogP contribution in [0, 0.1) is 5.92 Å². The van der Waals surface area contributed by atoms with E-state index < -0.39 is 11.7 Å². The summed E-state index contributed by atoms with van der Waals surface area (Å²) in [7, 11) is 0. The molecular weight excluding hydrogens is 351 g/mol. The van der Waals surface area contributed by atoms with Crippen LogP contribution in [0.3, 0.4) is 0 Å². The summed E-state index contributed by atoms with van der Waals surface area (Å²) >= 11 is 0. The molecule has 4 rings (SSSR count). The maximum Gasteiger partial charge on any atom is 0.416 e. The number of anilines is 2. The predicted molar refractivity (Wildman–Crippen MR) is 85.6 cm³/mol. The Hall–Kier alpha value is -2.62. The van der Waals surface area contributed by atoms with Crippen LogP contribution in [0.5, 0.6) is 0 Å². The van der Waals surface area contributed by atoms with Crippen molar-refractivity contribution in [2.24, 2.45) is 5.92 Å². The largest absolute Gasteiger partial charge is 0.423 e. The predicted octanol–water partition coefficient (Wildman–Crippen LogP) is 3.82. The average molecular weight is 367 g/mol. The number of nitrogens with one attached hydrogen (secondary N) is 1. The molecule has 10 heteroatoms. The Kier molecular flexibility index (Phi) is 4.06. The number of fused-ring (bicyclic) bond motifs is 1. The van der Waals surface area contributed by atoms with Crippen molar-refractivity contribution in [3.63, 3.8) is 0 Å². The quantitative estimate of drug-likeness (QED) is 0.751. The van der Waals surface area contributed by atoms with Crippen LogP contribution in [0.4, 0.5) is 25.2 Å². The van der Waals surface area contributed by atoms with Crippen LogP contribution in [0.25, 0.3) is 11.1 Å². The minimum atomic E-state index is -4.44. The van der Waals surface area contributed by atoms with Gasteiger partial charge >= 0.3 is 18.2 Å². The zero-order valence-electron chi connectivity index (χ0n) is 13.9. The van der Waals surface area contributed by atoms with Crippen molar-refractivity contribution in [3.05, 3.63) is 29.7 Å². The maximum absolute atomic E-state index is 12.8. The van der Waals surface area contributed by atoms with Crippen LogP contribution in [-0.4, -0.2) is 33.2 Å². The molecule has 1 aliphatic rings. The average Bonchev–Trinajstić information content (AvgIpc) is 3.26. The lowest BCUT2D eigenvalue weighted by Crippen LogP contribution is -2.19. The molecule has 138 valence electrons. The van der Waals surface area contributed by atoms with Crippen molar-refractivity contribution in [2.75, 3.05) is 18.4 Å². The van der Waals surface area contributed by atoms with E-state index in [9.17, 15) is 13.2 Å². The molecule has 1 saturated heterocycles. The van der Waals surface area contributed by atoms with Crippen LogP contribution < -0.4 is 5.32 Å². The van der Waals surface area contributed by atoms with Gasteiger partial charge in [-0.3, -0.25) is 10.2 Å². The van der Waals surface area contributed by atoms with Crippen LogP contribution in [-0.2, 0) is 12.7 Å². The summed E-state index contributed by atoms with van der Waals surface area (Å²) in [6.07, 6.45) is -3.29. The number of benzene rings is 1. The zero-order chi connectivity index (χ0) is 18.3. The van der Waals surface area contributed by atoms with Gasteiger partial charge in [-0.25, -0.2) is 0 Å². The summed E-state index contributed by atoms with van der Waals surface area (Å²) in [6, 6.07) is 3.17. The molecule has 1 aromatic carbocycles. The van der Waals surface area contributed by atoms with E-state index >= 15 is 0 Å². The molecule has 0 bridgehead atoms. The Morgan fingerprint density at radius 3 is 2.81 bits per heavy atom. The molecule has 0 amide bonds. The molecular formula is C16H16F3N5O2. The lowest BCUT2D eigenvalue weighted by molar-refractivity contribution is -0.137. The Balaban J connectivity index is 1.47. The number of alkyl halides is 3. The van der Waals surface area contributed by atoms with E-state index in [0.717, 1.165) is 31.6 Å². The van der Waals surface area contributed by atoms with E-state index in [1.54, 1.807) is 0 Å². The van der Waals surface area contributed by atoms with Gasteiger partial charge in [-0.2, -0.15) is 18.2 Å². The fraction of sp³-hybridized carbons (Fsp3) is 0.438. The summed E-state index contributed by atoms with van der Waals surface area (Å²) in [6.45, 7) is 4.72.